The Kier molecular flexibility index (Phi) is 2.60. The van der Waals surface area contributed by atoms with E-state index in [2.05, 4.69) is 20.3 Å². The Morgan fingerprint density at radius 1 is 1.17 bits per heavy atom. The number of hydrogen-bond donors (Lipinski definition) is 1. The molecule has 0 saturated carbocycles. The van der Waals surface area contributed by atoms with Crippen molar-refractivity contribution in [2.24, 2.45) is 0 Å². The van der Waals surface area contributed by atoms with Crippen LogP contribution >= 0.6 is 11.6 Å². The van der Waals surface area contributed by atoms with Gasteiger partial charge in [0, 0.05) is 13.2 Å². The van der Waals surface area contributed by atoms with Gasteiger partial charge >= 0.3 is 0 Å². The number of rotatable bonds is 2. The Bertz CT molecular complexity index is 707. The van der Waals surface area contributed by atoms with E-state index in [0.29, 0.717) is 11.8 Å². The summed E-state index contributed by atoms with van der Waals surface area (Å²) in [6.07, 6.45) is 1.62. The van der Waals surface area contributed by atoms with Gasteiger partial charge in [0.15, 0.2) is 0 Å². The first-order valence-corrected chi connectivity index (χ1v) is 5.81. The molecule has 0 atom stereocenters. The van der Waals surface area contributed by atoms with Crippen LogP contribution in [0.4, 0.5) is 5.95 Å². The molecule has 2 heterocycles. The predicted molar refractivity (Wildman–Crippen MR) is 71.2 cm³/mol. The summed E-state index contributed by atoms with van der Waals surface area (Å²) < 4.78 is 1.91. The molecule has 0 radical (unpaired) electrons. The molecule has 0 unspecified atom stereocenters. The molecule has 3 rings (SSSR count). The summed E-state index contributed by atoms with van der Waals surface area (Å²) in [4.78, 5) is 12.6. The van der Waals surface area contributed by atoms with Gasteiger partial charge in [-0.05, 0) is 29.8 Å². The van der Waals surface area contributed by atoms with Gasteiger partial charge in [0.25, 0.3) is 0 Å². The van der Waals surface area contributed by atoms with Gasteiger partial charge in [-0.1, -0.05) is 12.1 Å². The Balaban J connectivity index is 2.33. The number of aromatic nitrogens is 4. The van der Waals surface area contributed by atoms with Gasteiger partial charge in [-0.2, -0.15) is 4.98 Å². The highest BCUT2D eigenvalue weighted by Crippen LogP contribution is 2.23. The molecular weight excluding hydrogens is 250 g/mol. The predicted octanol–water partition coefficient (Wildman–Crippen LogP) is 2.51. The van der Waals surface area contributed by atoms with Gasteiger partial charge < -0.3 is 5.32 Å². The third kappa shape index (κ3) is 1.69. The first-order valence-electron chi connectivity index (χ1n) is 5.44. The van der Waals surface area contributed by atoms with Crippen molar-refractivity contribution in [3.63, 3.8) is 0 Å². The Hall–Kier alpha value is -2.14. The van der Waals surface area contributed by atoms with Crippen molar-refractivity contribution in [3.8, 4) is 5.82 Å². The van der Waals surface area contributed by atoms with Crippen molar-refractivity contribution in [3.05, 3.63) is 41.8 Å². The second kappa shape index (κ2) is 4.27. The molecule has 3 aromatic rings. The van der Waals surface area contributed by atoms with Crippen LogP contribution in [0.3, 0.4) is 0 Å². The first-order chi connectivity index (χ1) is 8.79. The molecule has 18 heavy (non-hydrogen) atoms. The summed E-state index contributed by atoms with van der Waals surface area (Å²) in [5.41, 5.74) is 1.87. The second-order valence-electron chi connectivity index (χ2n) is 3.69. The number of nitrogens with one attached hydrogen (secondary N) is 1. The van der Waals surface area contributed by atoms with E-state index in [1.807, 2.05) is 35.9 Å². The Morgan fingerprint density at radius 3 is 2.78 bits per heavy atom. The van der Waals surface area contributed by atoms with E-state index >= 15 is 0 Å². The minimum absolute atomic E-state index is 0.215. The maximum Gasteiger partial charge on any atom is 0.224 e. The summed E-state index contributed by atoms with van der Waals surface area (Å²) in [5, 5.41) is 3.27. The second-order valence-corrected chi connectivity index (χ2v) is 4.03. The number of anilines is 1. The maximum absolute atomic E-state index is 5.83. The Labute approximate surface area is 108 Å². The van der Waals surface area contributed by atoms with Crippen LogP contribution < -0.4 is 5.32 Å². The molecule has 0 fully saturated rings. The van der Waals surface area contributed by atoms with Crippen molar-refractivity contribution in [1.82, 2.24) is 19.5 Å². The fourth-order valence-electron chi connectivity index (χ4n) is 1.88. The van der Waals surface area contributed by atoms with Gasteiger partial charge in [-0.3, -0.25) is 4.57 Å². The van der Waals surface area contributed by atoms with Gasteiger partial charge in [0.05, 0.1) is 11.0 Å². The van der Waals surface area contributed by atoms with Crippen molar-refractivity contribution in [2.45, 2.75) is 0 Å². The van der Waals surface area contributed by atoms with Crippen LogP contribution in [-0.4, -0.2) is 26.6 Å². The number of nitrogens with zero attached hydrogens (tertiary/aromatic N) is 4. The monoisotopic (exact) mass is 259 g/mol. The van der Waals surface area contributed by atoms with Gasteiger partial charge in [-0.15, -0.1) is 0 Å². The van der Waals surface area contributed by atoms with E-state index in [9.17, 15) is 0 Å². The highest BCUT2D eigenvalue weighted by atomic mass is 35.5. The molecule has 0 aliphatic rings. The molecule has 1 aromatic carbocycles. The molecule has 6 heteroatoms. The van der Waals surface area contributed by atoms with Gasteiger partial charge in [0.1, 0.15) is 5.82 Å². The molecule has 2 aromatic heterocycles. The third-order valence-electron chi connectivity index (χ3n) is 2.62. The van der Waals surface area contributed by atoms with E-state index in [1.54, 1.807) is 12.3 Å². The molecule has 0 aliphatic carbocycles. The molecule has 0 saturated heterocycles. The number of halogens is 1. The standard InChI is InChI=1S/C12H10ClN5/c1-14-12-16-8-4-2-3-5-9(8)18(12)10-6-7-15-11(13)17-10/h2-7H,1H3,(H,14,16). The van der Waals surface area contributed by atoms with Crippen LogP contribution in [0, 0.1) is 0 Å². The normalized spacial score (nSPS) is 10.8. The van der Waals surface area contributed by atoms with E-state index in [-0.39, 0.29) is 5.28 Å². The fourth-order valence-corrected chi connectivity index (χ4v) is 2.02. The molecule has 5 nitrogen and oxygen atoms in total. The van der Waals surface area contributed by atoms with E-state index in [4.69, 9.17) is 11.6 Å². The number of para-hydroxylation sites is 2. The zero-order valence-electron chi connectivity index (χ0n) is 9.63. The topological polar surface area (TPSA) is 55.6 Å². The fraction of sp³-hybridized carbons (Fsp3) is 0.0833. The molecule has 1 N–H and O–H groups in total. The highest BCUT2D eigenvalue weighted by Gasteiger charge is 2.12. The van der Waals surface area contributed by atoms with Crippen LogP contribution in [0.1, 0.15) is 0 Å². The molecular formula is C12H10ClN5. The average Bonchev–Trinajstić information content (AvgIpc) is 2.77. The number of imidazole rings is 1. The van der Waals surface area contributed by atoms with Crippen LogP contribution in [-0.2, 0) is 0 Å². The van der Waals surface area contributed by atoms with Crippen LogP contribution in [0.25, 0.3) is 16.9 Å². The van der Waals surface area contributed by atoms with E-state index < -0.39 is 0 Å². The maximum atomic E-state index is 5.83. The van der Waals surface area contributed by atoms with Gasteiger partial charge in [0.2, 0.25) is 11.2 Å². The molecule has 0 aliphatic heterocycles. The number of hydrogen-bond acceptors (Lipinski definition) is 4. The highest BCUT2D eigenvalue weighted by molar-refractivity contribution is 6.28. The van der Waals surface area contributed by atoms with Gasteiger partial charge in [-0.25, -0.2) is 9.97 Å². The number of fused-ring (bicyclic) bond motifs is 1. The van der Waals surface area contributed by atoms with Crippen molar-refractivity contribution < 1.29 is 0 Å². The molecule has 90 valence electrons. The van der Waals surface area contributed by atoms with Crippen molar-refractivity contribution in [2.75, 3.05) is 12.4 Å². The summed E-state index contributed by atoms with van der Waals surface area (Å²) in [6, 6.07) is 9.64. The van der Waals surface area contributed by atoms with Crippen LogP contribution in [0.5, 0.6) is 0 Å². The molecule has 0 amide bonds. The van der Waals surface area contributed by atoms with E-state index in [1.165, 1.54) is 0 Å². The lowest BCUT2D eigenvalue weighted by Crippen LogP contribution is -2.03. The lowest BCUT2D eigenvalue weighted by atomic mass is 10.3. The van der Waals surface area contributed by atoms with Crippen LogP contribution in [0.15, 0.2) is 36.5 Å². The first kappa shape index (κ1) is 11.0. The third-order valence-corrected chi connectivity index (χ3v) is 2.81. The largest absolute Gasteiger partial charge is 0.358 e. The molecule has 0 bridgehead atoms. The SMILES string of the molecule is CNc1nc2ccccc2n1-c1ccnc(Cl)n1. The summed E-state index contributed by atoms with van der Waals surface area (Å²) in [6.45, 7) is 0. The van der Waals surface area contributed by atoms with E-state index in [0.717, 1.165) is 11.0 Å². The van der Waals surface area contributed by atoms with Crippen LogP contribution in [0.2, 0.25) is 5.28 Å². The molecule has 0 spiro atoms. The lowest BCUT2D eigenvalue weighted by molar-refractivity contribution is 0.997. The Morgan fingerprint density at radius 2 is 2.00 bits per heavy atom. The number of benzene rings is 1. The minimum Gasteiger partial charge on any atom is -0.358 e. The zero-order valence-corrected chi connectivity index (χ0v) is 10.4. The van der Waals surface area contributed by atoms with Crippen molar-refractivity contribution in [1.29, 1.82) is 0 Å². The zero-order chi connectivity index (χ0) is 12.5. The lowest BCUT2D eigenvalue weighted by Gasteiger charge is -2.07. The van der Waals surface area contributed by atoms with Crippen molar-refractivity contribution >= 4 is 28.6 Å². The summed E-state index contributed by atoms with van der Waals surface area (Å²) in [7, 11) is 1.82. The average molecular weight is 260 g/mol. The quantitative estimate of drug-likeness (QED) is 0.719. The summed E-state index contributed by atoms with van der Waals surface area (Å²) in [5.74, 6) is 1.40. The summed E-state index contributed by atoms with van der Waals surface area (Å²) >= 11 is 5.83. The smallest absolute Gasteiger partial charge is 0.224 e. The minimum atomic E-state index is 0.215.